The van der Waals surface area contributed by atoms with Gasteiger partial charge in [-0.25, -0.2) is 8.42 Å². The molecule has 0 aliphatic carbocycles. The fraction of sp³-hybridized carbons (Fsp3) is 0.211. The van der Waals surface area contributed by atoms with Crippen LogP contribution in [0, 0.1) is 0 Å². The molecule has 2 heterocycles. The van der Waals surface area contributed by atoms with Gasteiger partial charge in [0.2, 0.25) is 5.52 Å². The average Bonchev–Trinajstić information content (AvgIpc) is 3.20. The van der Waals surface area contributed by atoms with Crippen LogP contribution in [0.3, 0.4) is 0 Å². The normalized spacial score (nSPS) is 15.1. The fourth-order valence-electron chi connectivity index (χ4n) is 3.34. The minimum Gasteiger partial charge on any atom is -0.748 e. The predicted octanol–water partition coefficient (Wildman–Crippen LogP) is 0.843. The van der Waals surface area contributed by atoms with Crippen LogP contribution in [-0.4, -0.2) is 44.0 Å². The largest absolute Gasteiger partial charge is 1.00 e. The third-order valence-electron chi connectivity index (χ3n) is 4.77. The van der Waals surface area contributed by atoms with Crippen molar-refractivity contribution < 1.29 is 60.1 Å². The monoisotopic (exact) mass is 589 g/mol. The van der Waals surface area contributed by atoms with Crippen molar-refractivity contribution in [2.75, 3.05) is 23.0 Å². The van der Waals surface area contributed by atoms with E-state index in [9.17, 15) is 25.9 Å². The zero-order chi connectivity index (χ0) is 24.0. The molecule has 1 aliphatic heterocycles. The molecule has 0 atom stereocenters. The third kappa shape index (κ3) is 6.88. The third-order valence-corrected chi connectivity index (χ3v) is 8.85. The van der Waals surface area contributed by atoms with Gasteiger partial charge in [0.15, 0.2) is 6.54 Å². The number of aryl methyl sites for hydroxylation is 1. The first-order valence-electron chi connectivity index (χ1n) is 9.37. The first-order chi connectivity index (χ1) is 15.4. The van der Waals surface area contributed by atoms with E-state index >= 15 is 0 Å². The van der Waals surface area contributed by atoms with Crippen LogP contribution in [0.2, 0.25) is 10.0 Å². The maximum atomic E-state index is 11.4. The molecule has 15 heteroatoms. The van der Waals surface area contributed by atoms with Crippen LogP contribution in [0.1, 0.15) is 5.01 Å². The van der Waals surface area contributed by atoms with E-state index in [0.29, 0.717) is 31.3 Å². The van der Waals surface area contributed by atoms with E-state index in [0.717, 1.165) is 9.60 Å². The number of hydrogen-bond donors (Lipinski definition) is 1. The molecule has 176 valence electrons. The Morgan fingerprint density at radius 1 is 1.06 bits per heavy atom. The van der Waals surface area contributed by atoms with E-state index < -0.39 is 31.7 Å². The minimum atomic E-state index is -4.45. The van der Waals surface area contributed by atoms with Crippen LogP contribution in [0.4, 0.5) is 5.69 Å². The Kier molecular flexibility index (Phi) is 9.07. The van der Waals surface area contributed by atoms with E-state index in [1.807, 2.05) is 6.07 Å². The van der Waals surface area contributed by atoms with Crippen molar-refractivity contribution >= 4 is 88.5 Å². The van der Waals surface area contributed by atoms with Crippen molar-refractivity contribution in [2.24, 2.45) is 0 Å². The summed E-state index contributed by atoms with van der Waals surface area (Å²) in [5.41, 5.74) is 1.37. The quantitative estimate of drug-likeness (QED) is 0.245. The molecule has 3 aromatic rings. The Bertz CT molecular complexity index is 1490. The summed E-state index contributed by atoms with van der Waals surface area (Å²) >= 11 is 15.0. The van der Waals surface area contributed by atoms with E-state index in [4.69, 9.17) is 23.2 Å². The van der Waals surface area contributed by atoms with Crippen molar-refractivity contribution in [2.45, 2.75) is 11.4 Å². The number of thioether (sulfide) groups is 1. The summed E-state index contributed by atoms with van der Waals surface area (Å²) in [7, 11) is -8.66. The van der Waals surface area contributed by atoms with Gasteiger partial charge in [0, 0.05) is 27.6 Å². The van der Waals surface area contributed by atoms with Gasteiger partial charge in [-0.3, -0.25) is 4.55 Å². The summed E-state index contributed by atoms with van der Waals surface area (Å²) in [6, 6.07) is 10.5. The topological polar surface area (TPSA) is 119 Å². The molecule has 0 radical (unpaired) electrons. The zero-order valence-electron chi connectivity index (χ0n) is 17.6. The van der Waals surface area contributed by atoms with E-state index in [-0.39, 0.29) is 42.6 Å². The molecule has 0 amide bonds. The van der Waals surface area contributed by atoms with Gasteiger partial charge in [-0.1, -0.05) is 46.3 Å². The first-order valence-corrected chi connectivity index (χ1v) is 14.9. The zero-order valence-corrected chi connectivity index (χ0v) is 24.4. The molecule has 8 nitrogen and oxygen atoms in total. The number of benzene rings is 2. The van der Waals surface area contributed by atoms with Crippen molar-refractivity contribution in [3.8, 4) is 0 Å². The number of nitrogens with zero attached hydrogens (tertiary/aromatic N) is 2. The Balaban J connectivity index is 0.00000324. The van der Waals surface area contributed by atoms with Gasteiger partial charge in [-0.15, -0.1) is 0 Å². The van der Waals surface area contributed by atoms with Gasteiger partial charge in [0.25, 0.3) is 15.1 Å². The molecule has 0 saturated carbocycles. The number of halogens is 2. The number of fused-ring (bicyclic) bond motifs is 2. The standard InChI is InChI=1S/C19H16Cl2N2O6S4.Na/c20-12-1-3-16-14(9-12)22(5-7-32(24,25)26)18(30-16)11-19-23(6-8-33(27,28)29)15-10-13(21)2-4-17(15)31-19;/h1-4,9-11H,5-8H2,(H-,24,25,26,27,28,29);/q;+1. The molecule has 1 aromatic heterocycles. The minimum absolute atomic E-state index is 0. The summed E-state index contributed by atoms with van der Waals surface area (Å²) < 4.78 is 68.5. The second-order valence-corrected chi connectivity index (χ2v) is 13.2. The second-order valence-electron chi connectivity index (χ2n) is 7.10. The molecule has 0 saturated heterocycles. The number of hydrogen-bond acceptors (Lipinski definition) is 8. The van der Waals surface area contributed by atoms with Crippen molar-refractivity contribution in [1.82, 2.24) is 0 Å². The molecular formula is C19H16Cl2N2NaO6S4+. The number of anilines is 1. The Hall–Kier alpha value is -0.380. The molecule has 1 N–H and O–H groups in total. The van der Waals surface area contributed by atoms with Gasteiger partial charge in [-0.05, 0) is 30.3 Å². The van der Waals surface area contributed by atoms with Crippen molar-refractivity contribution in [3.05, 3.63) is 56.5 Å². The van der Waals surface area contributed by atoms with Gasteiger partial charge in [0.05, 0.1) is 32.7 Å². The molecule has 1 aliphatic rings. The summed E-state index contributed by atoms with van der Waals surface area (Å²) in [4.78, 5) is 2.54. The molecule has 4 rings (SSSR count). The van der Waals surface area contributed by atoms with Gasteiger partial charge in [0.1, 0.15) is 10.5 Å². The Morgan fingerprint density at radius 3 is 2.41 bits per heavy atom. The number of rotatable bonds is 7. The number of thiazole rings is 1. The fourth-order valence-corrected chi connectivity index (χ4v) is 6.78. The summed E-state index contributed by atoms with van der Waals surface area (Å²) in [5.74, 6) is -1.09. The maximum Gasteiger partial charge on any atom is 1.00 e. The molecule has 0 spiro atoms. The van der Waals surface area contributed by atoms with Gasteiger partial charge < -0.3 is 9.45 Å². The van der Waals surface area contributed by atoms with E-state index in [1.165, 1.54) is 23.1 Å². The number of aromatic nitrogens is 1. The van der Waals surface area contributed by atoms with Gasteiger partial charge >= 0.3 is 29.6 Å². The first kappa shape index (κ1) is 28.2. The van der Waals surface area contributed by atoms with E-state index in [2.05, 4.69) is 0 Å². The van der Waals surface area contributed by atoms with Crippen LogP contribution in [-0.2, 0) is 26.8 Å². The maximum absolute atomic E-state index is 11.4. The molecular weight excluding hydrogens is 574 g/mol. The van der Waals surface area contributed by atoms with Crippen LogP contribution in [0.25, 0.3) is 16.3 Å². The molecule has 34 heavy (non-hydrogen) atoms. The van der Waals surface area contributed by atoms with Crippen LogP contribution in [0.5, 0.6) is 0 Å². The van der Waals surface area contributed by atoms with Crippen molar-refractivity contribution in [3.63, 3.8) is 0 Å². The predicted molar refractivity (Wildman–Crippen MR) is 131 cm³/mol. The SMILES string of the molecule is O=S(=O)([O-])CCN1C(=Cc2sc3ccc(Cl)cc3[n+]2CCS(=O)(=O)O)Sc2ccc(Cl)cc21.[Na+]. The molecule has 0 bridgehead atoms. The second kappa shape index (κ2) is 10.9. The smallest absolute Gasteiger partial charge is 0.748 e. The van der Waals surface area contributed by atoms with Crippen LogP contribution >= 0.6 is 46.3 Å². The molecule has 0 fully saturated rings. The van der Waals surface area contributed by atoms with Crippen LogP contribution < -0.4 is 39.0 Å². The van der Waals surface area contributed by atoms with Crippen molar-refractivity contribution in [1.29, 1.82) is 0 Å². The Labute approximate surface area is 237 Å². The summed E-state index contributed by atoms with van der Waals surface area (Å²) in [6.45, 7) is -0.0869. The van der Waals surface area contributed by atoms with Crippen LogP contribution in [0.15, 0.2) is 46.3 Å². The Morgan fingerprint density at radius 2 is 1.74 bits per heavy atom. The summed E-state index contributed by atoms with van der Waals surface area (Å²) in [6.07, 6.45) is 1.79. The molecule has 2 aromatic carbocycles. The average molecular weight is 591 g/mol. The summed E-state index contributed by atoms with van der Waals surface area (Å²) in [5, 5.41) is 2.24. The molecule has 0 unspecified atom stereocenters. The van der Waals surface area contributed by atoms with E-state index in [1.54, 1.807) is 45.9 Å². The van der Waals surface area contributed by atoms with Gasteiger partial charge in [-0.2, -0.15) is 13.0 Å².